The number of aromatic nitrogens is 7. The van der Waals surface area contributed by atoms with Crippen LogP contribution in [0.15, 0.2) is 546 Å². The number of fused-ring (bicyclic) bond motifs is 8. The van der Waals surface area contributed by atoms with Crippen molar-refractivity contribution in [1.82, 2.24) is 32.8 Å². The molecule has 0 amide bonds. The molecule has 0 radical (unpaired) electrons. The van der Waals surface area contributed by atoms with Crippen molar-refractivity contribution >= 4 is 126 Å². The van der Waals surface area contributed by atoms with E-state index in [2.05, 4.69) is 556 Å². The SMILES string of the molecule is c1ccc(-c2ccc(N(c3ccccc3)c3ccc(-n4c(-c5ccccc5)c5c6c(cccc64)-c4cccc6c4c4c-5cccc4n6-c4ccccc4)cc3)cc2)cc1.c1ccc(-c2ccccc2-c2cccc(-n3c4cccc5c4c4c6c(cccc6ccc43)-c3ccccc3-5)c2)cc1.c1ccc(-c2nc3ccccc3nc2-n2c(-c3ccccc3)c3c4c(cccc42)-c2cccc4c2c2c-3cccc2n4-c2ccccc2)cc1. The maximum atomic E-state index is 5.45. The highest BCUT2D eigenvalue weighted by atomic mass is 15.1. The first-order valence-electron chi connectivity index (χ1n) is 51.5. The van der Waals surface area contributed by atoms with Crippen LogP contribution in [0, 0.1) is 0 Å². The van der Waals surface area contributed by atoms with Gasteiger partial charge in [0.15, 0.2) is 5.82 Å². The van der Waals surface area contributed by atoms with E-state index >= 15 is 0 Å². The predicted octanol–water partition coefficient (Wildman–Crippen LogP) is 37.7. The minimum Gasteiger partial charge on any atom is -0.311 e. The number of nitrogens with zero attached hydrogens (tertiary/aromatic N) is 8. The first-order valence-corrected chi connectivity index (χ1v) is 51.5. The van der Waals surface area contributed by atoms with Crippen LogP contribution in [0.1, 0.15) is 0 Å². The maximum absolute atomic E-state index is 5.45. The minimum atomic E-state index is 0.815. The van der Waals surface area contributed by atoms with Gasteiger partial charge in [-0.15, -0.1) is 0 Å². The van der Waals surface area contributed by atoms with E-state index in [4.69, 9.17) is 9.97 Å². The molecule has 0 saturated carbocycles. The van der Waals surface area contributed by atoms with Crippen LogP contribution in [0.2, 0.25) is 0 Å². The van der Waals surface area contributed by atoms with Crippen molar-refractivity contribution in [2.45, 2.75) is 0 Å². The minimum absolute atomic E-state index is 0.815. The molecule has 3 aliphatic carbocycles. The fourth-order valence-electron chi connectivity index (χ4n) is 24.8. The molecule has 32 rings (SSSR count). The third kappa shape index (κ3) is 13.4. The van der Waals surface area contributed by atoms with Gasteiger partial charge in [0.2, 0.25) is 0 Å². The molecule has 0 fully saturated rings. The second-order valence-corrected chi connectivity index (χ2v) is 39.1. The molecule has 0 spiro atoms. The maximum Gasteiger partial charge on any atom is 0.165 e. The summed E-state index contributed by atoms with van der Waals surface area (Å²) in [5.74, 6) is 0.815. The molecule has 0 atom stereocenters. The normalized spacial score (nSPS) is 11.9. The van der Waals surface area contributed by atoms with Gasteiger partial charge in [0.05, 0.1) is 66.6 Å². The Morgan fingerprint density at radius 1 is 0.153 bits per heavy atom. The Morgan fingerprint density at radius 2 is 0.453 bits per heavy atom. The summed E-state index contributed by atoms with van der Waals surface area (Å²) >= 11 is 0. The van der Waals surface area contributed by atoms with Gasteiger partial charge < -0.3 is 23.2 Å². The predicted molar refractivity (Wildman–Crippen MR) is 627 cm³/mol. The van der Waals surface area contributed by atoms with E-state index in [1.807, 2.05) is 18.2 Å². The van der Waals surface area contributed by atoms with Crippen molar-refractivity contribution in [2.75, 3.05) is 4.90 Å². The van der Waals surface area contributed by atoms with Gasteiger partial charge in [0.25, 0.3) is 0 Å². The van der Waals surface area contributed by atoms with E-state index < -0.39 is 0 Å². The third-order valence-electron chi connectivity index (χ3n) is 31.0. The molecule has 698 valence electrons. The lowest BCUT2D eigenvalue weighted by Crippen LogP contribution is -2.10. The zero-order valence-corrected chi connectivity index (χ0v) is 81.5. The van der Waals surface area contributed by atoms with Gasteiger partial charge in [0.1, 0.15) is 5.69 Å². The van der Waals surface area contributed by atoms with E-state index in [0.29, 0.717) is 0 Å². The second kappa shape index (κ2) is 34.9. The average Bonchev–Trinajstić information content (AvgIpc) is 1.53. The first-order chi connectivity index (χ1) is 74.5. The molecule has 6 aromatic heterocycles. The fourth-order valence-corrected chi connectivity index (χ4v) is 24.8. The molecule has 0 N–H and O–H groups in total. The number of anilines is 3. The Morgan fingerprint density at radius 3 is 0.953 bits per heavy atom. The Bertz CT molecular complexity index is 10500. The van der Waals surface area contributed by atoms with E-state index in [1.54, 1.807) is 0 Å². The molecule has 0 bridgehead atoms. The average molecular weight is 1910 g/mol. The van der Waals surface area contributed by atoms with Crippen LogP contribution >= 0.6 is 0 Å². The highest BCUT2D eigenvalue weighted by molar-refractivity contribution is 6.33. The van der Waals surface area contributed by atoms with Crippen LogP contribution in [0.4, 0.5) is 17.1 Å². The number of rotatable bonds is 14. The summed E-state index contributed by atoms with van der Waals surface area (Å²) in [6, 6.07) is 197. The quantitative estimate of drug-likeness (QED) is 0.109. The van der Waals surface area contributed by atoms with Crippen molar-refractivity contribution < 1.29 is 0 Å². The Labute approximate surface area is 866 Å². The summed E-state index contributed by atoms with van der Waals surface area (Å²) in [6.45, 7) is 0. The third-order valence-corrected chi connectivity index (χ3v) is 31.0. The van der Waals surface area contributed by atoms with Crippen LogP contribution in [-0.4, -0.2) is 32.8 Å². The fraction of sp³-hybridized carbons (Fsp3) is 0. The highest BCUT2D eigenvalue weighted by Crippen LogP contribution is 2.59. The number of para-hydroxylation sites is 5. The number of benzene rings is 23. The summed E-state index contributed by atoms with van der Waals surface area (Å²) in [5, 5.41) is 13.0. The van der Waals surface area contributed by atoms with Crippen molar-refractivity contribution in [2.24, 2.45) is 0 Å². The van der Waals surface area contributed by atoms with E-state index in [-0.39, 0.29) is 0 Å². The summed E-state index contributed by atoms with van der Waals surface area (Å²) in [5.41, 5.74) is 48.3. The van der Waals surface area contributed by atoms with Crippen LogP contribution in [0.5, 0.6) is 0 Å². The van der Waals surface area contributed by atoms with Gasteiger partial charge in [0, 0.05) is 99.6 Å². The van der Waals surface area contributed by atoms with Crippen LogP contribution in [0.25, 0.3) is 272 Å². The Balaban J connectivity index is 0.000000105. The van der Waals surface area contributed by atoms with Crippen LogP contribution in [0.3, 0.4) is 0 Å². The van der Waals surface area contributed by atoms with E-state index in [9.17, 15) is 0 Å². The zero-order valence-electron chi connectivity index (χ0n) is 81.5. The molecular formula is C142H90N8. The Hall–Kier alpha value is -20.1. The van der Waals surface area contributed by atoms with Gasteiger partial charge in [-0.1, -0.05) is 400 Å². The monoisotopic (exact) mass is 1910 g/mol. The largest absolute Gasteiger partial charge is 0.311 e. The lowest BCUT2D eigenvalue weighted by molar-refractivity contribution is 1.05. The molecular weight excluding hydrogens is 1820 g/mol. The number of hydrogen-bond acceptors (Lipinski definition) is 3. The van der Waals surface area contributed by atoms with E-state index in [1.165, 1.54) is 215 Å². The standard InChI is InChI=1S/C56H37N3.C46H28N4.C40H25N/c1-5-16-38(17-6-1)39-30-32-43(33-31-39)57(41-20-9-3-10-21-41)44-34-36-45(37-35-44)59-51-29-14-25-47-46-24-13-27-49-52(46)54-48(55(53(47)51)56(59)40-18-7-2-8-19-40)26-15-28-50(54)58(49)42-22-11-4-12-23-42;1-4-15-29(16-5-1)44-46(48-36-25-11-10-24-35(36)47-44)50-39-28-13-22-33-32-21-12-26-37-40(32)42-34(43(41(33)39)45(50)30-17-6-2-7-18-30)23-14-27-38(42)49(37)31-19-8-3-9-20-31;1-2-11-26(12-3-1)30-16-4-5-17-31(30)28-14-8-15-29(25-28)41-36-22-10-21-35-33-19-7-6-18-32(33)34-20-9-13-27-23-24-37(41)40(38(27)34)39(35)36/h1-37H;1-28H;1-25H. The highest BCUT2D eigenvalue weighted by Gasteiger charge is 2.36. The van der Waals surface area contributed by atoms with Crippen molar-refractivity contribution in [3.05, 3.63) is 546 Å². The topological polar surface area (TPSA) is 53.7 Å². The molecule has 150 heavy (non-hydrogen) atoms. The van der Waals surface area contributed by atoms with Crippen molar-refractivity contribution in [3.8, 4) is 162 Å². The molecule has 0 saturated heterocycles. The molecule has 8 heteroatoms. The molecule has 8 nitrogen and oxygen atoms in total. The summed E-state index contributed by atoms with van der Waals surface area (Å²) in [6.07, 6.45) is 0. The molecule has 23 aromatic carbocycles. The molecule has 6 heterocycles. The summed E-state index contributed by atoms with van der Waals surface area (Å²) in [4.78, 5) is 13.1. The van der Waals surface area contributed by atoms with Crippen LogP contribution in [-0.2, 0) is 0 Å². The van der Waals surface area contributed by atoms with Gasteiger partial charge in [-0.3, -0.25) is 4.57 Å². The molecule has 3 aliphatic rings. The second-order valence-electron chi connectivity index (χ2n) is 39.1. The van der Waals surface area contributed by atoms with Gasteiger partial charge in [-0.2, -0.15) is 0 Å². The summed E-state index contributed by atoms with van der Waals surface area (Å²) < 4.78 is 12.2. The molecule has 0 aliphatic heterocycles. The smallest absolute Gasteiger partial charge is 0.165 e. The van der Waals surface area contributed by atoms with Crippen molar-refractivity contribution in [1.29, 1.82) is 0 Å². The lowest BCUT2D eigenvalue weighted by atomic mass is 9.93. The van der Waals surface area contributed by atoms with Gasteiger partial charge in [-0.25, -0.2) is 9.97 Å². The Kier molecular flexibility index (Phi) is 19.9. The zero-order chi connectivity index (χ0) is 98.5. The first kappa shape index (κ1) is 85.5. The summed E-state index contributed by atoms with van der Waals surface area (Å²) in [7, 11) is 0. The molecule has 29 aromatic rings. The van der Waals surface area contributed by atoms with Crippen molar-refractivity contribution in [3.63, 3.8) is 0 Å². The molecule has 0 unspecified atom stereocenters. The lowest BCUT2D eigenvalue weighted by Gasteiger charge is -2.26. The van der Waals surface area contributed by atoms with E-state index in [0.717, 1.165) is 73.3 Å². The van der Waals surface area contributed by atoms with Crippen LogP contribution < -0.4 is 4.90 Å². The van der Waals surface area contributed by atoms with Gasteiger partial charge >= 0.3 is 0 Å². The number of hydrogen-bond donors (Lipinski definition) is 0. The van der Waals surface area contributed by atoms with Gasteiger partial charge in [-0.05, 0) is 257 Å².